The Hall–Kier alpha value is -3.55. The van der Waals surface area contributed by atoms with Crippen LogP contribution in [0.1, 0.15) is 38.6 Å². The van der Waals surface area contributed by atoms with Gasteiger partial charge in [-0.25, -0.2) is 37.7 Å². The van der Waals surface area contributed by atoms with E-state index in [1.165, 1.54) is 22.8 Å². The molecule has 6 rings (SSSR count). The molecule has 1 spiro atoms. The highest BCUT2D eigenvalue weighted by Crippen LogP contribution is 2.41. The predicted octanol–water partition coefficient (Wildman–Crippen LogP) is 3.43. The number of hydrogen-bond donors (Lipinski definition) is 2. The van der Waals surface area contributed by atoms with E-state index in [1.54, 1.807) is 6.07 Å². The van der Waals surface area contributed by atoms with Crippen molar-refractivity contribution in [2.75, 3.05) is 31.5 Å². The number of fused-ring (bicyclic) bond motifs is 1. The lowest BCUT2D eigenvalue weighted by Crippen LogP contribution is -2.61. The molecule has 0 atom stereocenters. The highest BCUT2D eigenvalue weighted by molar-refractivity contribution is 7.89. The van der Waals surface area contributed by atoms with Crippen LogP contribution in [0.4, 0.5) is 16.2 Å². The molecule has 11 nitrogen and oxygen atoms in total. The first-order valence-electron chi connectivity index (χ1n) is 13.0. The van der Waals surface area contributed by atoms with E-state index < -0.39 is 15.8 Å². The summed E-state index contributed by atoms with van der Waals surface area (Å²) in [6.45, 7) is 8.95. The molecule has 0 radical (unpaired) electrons. The Labute approximate surface area is 226 Å². The lowest BCUT2D eigenvalue weighted by Gasteiger charge is -2.51. The molecular weight excluding hydrogens is 521 g/mol. The Morgan fingerprint density at radius 2 is 1.82 bits per heavy atom. The minimum absolute atomic E-state index is 0.0832. The van der Waals surface area contributed by atoms with Gasteiger partial charge in [-0.1, -0.05) is 0 Å². The van der Waals surface area contributed by atoms with Gasteiger partial charge in [0, 0.05) is 42.5 Å². The van der Waals surface area contributed by atoms with E-state index in [4.69, 9.17) is 0 Å². The summed E-state index contributed by atoms with van der Waals surface area (Å²) in [7, 11) is -3.61. The Balaban J connectivity index is 1.21. The van der Waals surface area contributed by atoms with Crippen molar-refractivity contribution < 1.29 is 12.8 Å². The molecule has 0 saturated carbocycles. The van der Waals surface area contributed by atoms with Gasteiger partial charge in [-0.15, -0.1) is 0 Å². The summed E-state index contributed by atoms with van der Waals surface area (Å²) in [6, 6.07) is 5.04. The lowest BCUT2D eigenvalue weighted by atomic mass is 9.74. The van der Waals surface area contributed by atoms with E-state index >= 15 is 0 Å². The van der Waals surface area contributed by atoms with Gasteiger partial charge in [0.2, 0.25) is 16.0 Å². The molecule has 0 amide bonds. The van der Waals surface area contributed by atoms with Gasteiger partial charge in [-0.05, 0) is 64.9 Å². The van der Waals surface area contributed by atoms with Crippen LogP contribution in [0, 0.1) is 18.2 Å². The third-order valence-electron chi connectivity index (χ3n) is 7.56. The predicted molar refractivity (Wildman–Crippen MR) is 144 cm³/mol. The van der Waals surface area contributed by atoms with E-state index in [-0.39, 0.29) is 28.0 Å². The summed E-state index contributed by atoms with van der Waals surface area (Å²) in [6.07, 6.45) is 5.92. The first-order valence-corrected chi connectivity index (χ1v) is 14.4. The largest absolute Gasteiger partial charge is 0.324 e. The minimum atomic E-state index is -3.61. The van der Waals surface area contributed by atoms with Crippen LogP contribution in [0.3, 0.4) is 0 Å². The number of aromatic nitrogens is 6. The maximum Gasteiger partial charge on any atom is 0.244 e. The van der Waals surface area contributed by atoms with Crippen molar-refractivity contribution in [3.05, 3.63) is 48.4 Å². The van der Waals surface area contributed by atoms with E-state index in [1.807, 2.05) is 31.4 Å². The lowest BCUT2D eigenvalue weighted by molar-refractivity contribution is 0.0373. The molecule has 2 N–H and O–H groups in total. The van der Waals surface area contributed by atoms with Crippen LogP contribution >= 0.6 is 0 Å². The smallest absolute Gasteiger partial charge is 0.244 e. The van der Waals surface area contributed by atoms with Crippen molar-refractivity contribution in [1.82, 2.24) is 39.1 Å². The molecule has 13 heteroatoms. The topological polar surface area (TPSA) is 131 Å². The van der Waals surface area contributed by atoms with Gasteiger partial charge in [-0.2, -0.15) is 4.31 Å². The van der Waals surface area contributed by atoms with Crippen molar-refractivity contribution in [2.45, 2.75) is 44.6 Å². The maximum atomic E-state index is 14.8. The minimum Gasteiger partial charge on any atom is -0.324 e. The fraction of sp³-hybridized carbons (Fsp3) is 0.423. The van der Waals surface area contributed by atoms with Crippen molar-refractivity contribution in [3.63, 3.8) is 0 Å². The van der Waals surface area contributed by atoms with Crippen LogP contribution in [0.25, 0.3) is 22.4 Å². The number of nitrogens with zero attached hydrogens (tertiary/aromatic N) is 7. The molecule has 2 fully saturated rings. The van der Waals surface area contributed by atoms with Crippen LogP contribution in [0.2, 0.25) is 0 Å². The van der Waals surface area contributed by atoms with Gasteiger partial charge in [0.05, 0.1) is 11.7 Å². The number of hydrogen-bond acceptors (Lipinski definition) is 9. The van der Waals surface area contributed by atoms with Gasteiger partial charge in [0.25, 0.3) is 0 Å². The molecular formula is C26H30FN9O2S. The molecule has 4 aromatic rings. The Morgan fingerprint density at radius 1 is 1.05 bits per heavy atom. The number of anilines is 2. The number of aryl methyl sites for hydroxylation is 1. The molecule has 6 heterocycles. The highest BCUT2D eigenvalue weighted by atomic mass is 32.2. The second kappa shape index (κ2) is 9.57. The van der Waals surface area contributed by atoms with Gasteiger partial charge in [-0.3, -0.25) is 0 Å². The molecule has 0 aliphatic carbocycles. The zero-order valence-corrected chi connectivity index (χ0v) is 22.8. The summed E-state index contributed by atoms with van der Waals surface area (Å²) in [5.74, 6) is 0.696. The molecule has 4 aromatic heterocycles. The Bertz CT molecular complexity index is 1640. The van der Waals surface area contributed by atoms with Crippen molar-refractivity contribution in [1.29, 1.82) is 0 Å². The van der Waals surface area contributed by atoms with Crippen LogP contribution in [-0.2, 0) is 10.0 Å². The number of imidazole rings is 1. The third-order valence-corrected chi connectivity index (χ3v) is 9.33. The van der Waals surface area contributed by atoms with Crippen molar-refractivity contribution in [2.24, 2.45) is 5.41 Å². The van der Waals surface area contributed by atoms with Crippen LogP contribution in [0.15, 0.2) is 41.7 Å². The third kappa shape index (κ3) is 4.64. The fourth-order valence-electron chi connectivity index (χ4n) is 5.52. The van der Waals surface area contributed by atoms with E-state index in [0.717, 1.165) is 43.5 Å². The Kier molecular flexibility index (Phi) is 6.31. The summed E-state index contributed by atoms with van der Waals surface area (Å²) < 4.78 is 44.5. The average Bonchev–Trinajstić information content (AvgIpc) is 3.24. The number of halogens is 1. The first-order chi connectivity index (χ1) is 18.6. The van der Waals surface area contributed by atoms with Gasteiger partial charge in [0.1, 0.15) is 22.2 Å². The number of nitrogens with one attached hydrogen (secondary N) is 2. The molecule has 0 aromatic carbocycles. The molecule has 2 saturated heterocycles. The number of pyridine rings is 2. The van der Waals surface area contributed by atoms with Crippen molar-refractivity contribution >= 4 is 33.0 Å². The van der Waals surface area contributed by atoms with Gasteiger partial charge in [0.15, 0.2) is 11.5 Å². The summed E-state index contributed by atoms with van der Waals surface area (Å²) in [4.78, 5) is 21.7. The normalized spacial score (nSPS) is 17.6. The summed E-state index contributed by atoms with van der Waals surface area (Å²) >= 11 is 0. The SMILES string of the molecule is Cc1nc2ncc(-c3nc(Nc4ccc(S(=O)(=O)N5CC6(CCNCC6)C5)cn4)ncc3F)cc2n1C(C)C. The van der Waals surface area contributed by atoms with E-state index in [9.17, 15) is 12.8 Å². The fourth-order valence-corrected chi connectivity index (χ4v) is 7.13. The Morgan fingerprint density at radius 3 is 2.51 bits per heavy atom. The first kappa shape index (κ1) is 25.7. The molecule has 204 valence electrons. The second-order valence-corrected chi connectivity index (χ2v) is 12.5. The van der Waals surface area contributed by atoms with Crippen LogP contribution in [0.5, 0.6) is 0 Å². The summed E-state index contributed by atoms with van der Waals surface area (Å²) in [5, 5.41) is 6.27. The molecule has 0 bridgehead atoms. The zero-order valence-electron chi connectivity index (χ0n) is 22.0. The zero-order chi connectivity index (χ0) is 27.4. The van der Waals surface area contributed by atoms with Crippen LogP contribution in [-0.4, -0.2) is 68.4 Å². The monoisotopic (exact) mass is 551 g/mol. The summed E-state index contributed by atoms with van der Waals surface area (Å²) in [5.41, 5.74) is 2.04. The standard InChI is InChI=1S/C26H30FN9O2S/c1-16(2)36-17(3)32-24-21(36)10-18(11-30-24)23-20(27)13-31-25(34-23)33-22-5-4-19(12-29-22)39(37,38)35-14-26(15-35)6-8-28-9-7-26/h4-5,10-13,16,28H,6-9,14-15H2,1-3H3,(H,29,31,33,34). The second-order valence-electron chi connectivity index (χ2n) is 10.6. The molecule has 0 unspecified atom stereocenters. The van der Waals surface area contributed by atoms with Gasteiger partial charge < -0.3 is 15.2 Å². The molecule has 2 aliphatic heterocycles. The maximum absolute atomic E-state index is 14.8. The quantitative estimate of drug-likeness (QED) is 0.370. The van der Waals surface area contributed by atoms with Crippen molar-refractivity contribution in [3.8, 4) is 11.3 Å². The van der Waals surface area contributed by atoms with Crippen LogP contribution < -0.4 is 10.6 Å². The number of rotatable bonds is 6. The van der Waals surface area contributed by atoms with Gasteiger partial charge >= 0.3 is 0 Å². The molecule has 2 aliphatic rings. The molecule has 39 heavy (non-hydrogen) atoms. The highest BCUT2D eigenvalue weighted by Gasteiger charge is 2.48. The number of piperidine rings is 1. The average molecular weight is 552 g/mol. The van der Waals surface area contributed by atoms with E-state index in [2.05, 4.69) is 35.6 Å². The number of sulfonamides is 1. The van der Waals surface area contributed by atoms with E-state index in [0.29, 0.717) is 30.1 Å².